The van der Waals surface area contributed by atoms with Gasteiger partial charge in [-0.25, -0.2) is 4.79 Å². The first kappa shape index (κ1) is 15.8. The van der Waals surface area contributed by atoms with Crippen molar-refractivity contribution in [2.24, 2.45) is 0 Å². The highest BCUT2D eigenvalue weighted by atomic mass is 16.5. The zero-order valence-corrected chi connectivity index (χ0v) is 12.3. The molecule has 2 rings (SSSR count). The van der Waals surface area contributed by atoms with Crippen LogP contribution in [0, 0.1) is 0 Å². The fourth-order valence-corrected chi connectivity index (χ4v) is 1.88. The number of carbonyl (C=O) groups excluding carboxylic acids is 2. The molecule has 0 atom stereocenters. The summed E-state index contributed by atoms with van der Waals surface area (Å²) >= 11 is 0. The molecule has 0 saturated carbocycles. The summed E-state index contributed by atoms with van der Waals surface area (Å²) in [5.74, 6) is -0.775. The van der Waals surface area contributed by atoms with Crippen LogP contribution in [0.4, 0.5) is 0 Å². The van der Waals surface area contributed by atoms with E-state index in [0.29, 0.717) is 30.4 Å². The molecule has 0 aliphatic rings. The maximum Gasteiger partial charge on any atom is 0.349 e. The van der Waals surface area contributed by atoms with Gasteiger partial charge in [0, 0.05) is 18.4 Å². The summed E-state index contributed by atoms with van der Waals surface area (Å²) in [7, 11) is 0. The number of hydrogen-bond donors (Lipinski definition) is 1. The van der Waals surface area contributed by atoms with Gasteiger partial charge in [-0.05, 0) is 18.6 Å². The quantitative estimate of drug-likeness (QED) is 0.500. The normalized spacial score (nSPS) is 10.4. The molecule has 6 heteroatoms. The smallest absolute Gasteiger partial charge is 0.349 e. The molecular formula is C16H17NO5. The Morgan fingerprint density at radius 3 is 2.82 bits per heavy atom. The van der Waals surface area contributed by atoms with Crippen LogP contribution < -0.4 is 10.9 Å². The number of nitrogens with one attached hydrogen (secondary N) is 1. The Morgan fingerprint density at radius 1 is 1.27 bits per heavy atom. The van der Waals surface area contributed by atoms with E-state index in [1.165, 1.54) is 6.07 Å². The van der Waals surface area contributed by atoms with Gasteiger partial charge in [-0.3, -0.25) is 9.59 Å². The van der Waals surface area contributed by atoms with Gasteiger partial charge in [0.15, 0.2) is 0 Å². The molecule has 1 amide bonds. The molecule has 1 N–H and O–H groups in total. The van der Waals surface area contributed by atoms with Crippen molar-refractivity contribution < 1.29 is 18.7 Å². The van der Waals surface area contributed by atoms with E-state index < -0.39 is 11.5 Å². The highest BCUT2D eigenvalue weighted by Gasteiger charge is 2.13. The molecule has 22 heavy (non-hydrogen) atoms. The molecule has 0 aliphatic heterocycles. The number of ether oxygens (including phenoxy) is 1. The van der Waals surface area contributed by atoms with Crippen molar-refractivity contribution in [3.8, 4) is 0 Å². The number of rotatable bonds is 6. The Morgan fingerprint density at radius 2 is 2.05 bits per heavy atom. The molecule has 6 nitrogen and oxygen atoms in total. The average Bonchev–Trinajstić information content (AvgIpc) is 2.53. The molecule has 1 aromatic carbocycles. The van der Waals surface area contributed by atoms with Gasteiger partial charge in [0.25, 0.3) is 5.91 Å². The van der Waals surface area contributed by atoms with Crippen LogP contribution in [0.1, 0.15) is 30.1 Å². The maximum absolute atomic E-state index is 12.0. The number of carbonyl (C=O) groups is 2. The molecule has 0 aliphatic carbocycles. The minimum Gasteiger partial charge on any atom is -0.466 e. The standard InChI is InChI=1S/C16H17NO5/c1-2-14(18)21-9-5-8-17-15(19)12-10-11-6-3-4-7-13(11)22-16(12)20/h3-4,6-7,10H,2,5,8-9H2,1H3,(H,17,19). The lowest BCUT2D eigenvalue weighted by Gasteiger charge is -2.06. The third-order valence-corrected chi connectivity index (χ3v) is 3.04. The SMILES string of the molecule is CCC(=O)OCCCNC(=O)c1cc2ccccc2oc1=O. The van der Waals surface area contributed by atoms with Crippen LogP contribution >= 0.6 is 0 Å². The van der Waals surface area contributed by atoms with Crippen LogP contribution in [0.3, 0.4) is 0 Å². The van der Waals surface area contributed by atoms with Gasteiger partial charge in [0.05, 0.1) is 6.61 Å². The van der Waals surface area contributed by atoms with E-state index >= 15 is 0 Å². The number of amides is 1. The van der Waals surface area contributed by atoms with Crippen molar-refractivity contribution in [3.05, 3.63) is 46.3 Å². The number of fused-ring (bicyclic) bond motifs is 1. The summed E-state index contributed by atoms with van der Waals surface area (Å²) in [5, 5.41) is 3.29. The van der Waals surface area contributed by atoms with Gasteiger partial charge in [-0.2, -0.15) is 0 Å². The fourth-order valence-electron chi connectivity index (χ4n) is 1.88. The molecular weight excluding hydrogens is 286 g/mol. The largest absolute Gasteiger partial charge is 0.466 e. The fraction of sp³-hybridized carbons (Fsp3) is 0.312. The minimum absolute atomic E-state index is 0.0377. The van der Waals surface area contributed by atoms with Crippen molar-refractivity contribution in [3.63, 3.8) is 0 Å². The lowest BCUT2D eigenvalue weighted by atomic mass is 10.2. The van der Waals surface area contributed by atoms with E-state index in [2.05, 4.69) is 5.32 Å². The zero-order valence-electron chi connectivity index (χ0n) is 12.3. The first-order valence-corrected chi connectivity index (χ1v) is 7.08. The summed E-state index contributed by atoms with van der Waals surface area (Å²) in [4.78, 5) is 34.7. The summed E-state index contributed by atoms with van der Waals surface area (Å²) in [6, 6.07) is 8.49. The second-order valence-electron chi connectivity index (χ2n) is 4.67. The van der Waals surface area contributed by atoms with Crippen molar-refractivity contribution in [2.75, 3.05) is 13.2 Å². The number of esters is 1. The number of hydrogen-bond acceptors (Lipinski definition) is 5. The highest BCUT2D eigenvalue weighted by Crippen LogP contribution is 2.12. The van der Waals surface area contributed by atoms with Crippen LogP contribution in [0.2, 0.25) is 0 Å². The van der Waals surface area contributed by atoms with E-state index in [-0.39, 0.29) is 18.1 Å². The molecule has 0 bridgehead atoms. The van der Waals surface area contributed by atoms with Crippen LogP contribution in [0.5, 0.6) is 0 Å². The Hall–Kier alpha value is -2.63. The monoisotopic (exact) mass is 303 g/mol. The summed E-state index contributed by atoms with van der Waals surface area (Å²) < 4.78 is 9.99. The van der Waals surface area contributed by atoms with Gasteiger partial charge in [-0.15, -0.1) is 0 Å². The van der Waals surface area contributed by atoms with Gasteiger partial charge >= 0.3 is 11.6 Å². The molecule has 0 saturated heterocycles. The van der Waals surface area contributed by atoms with Crippen molar-refractivity contribution >= 4 is 22.8 Å². The Bertz CT molecular complexity index is 735. The Labute approximate surface area is 127 Å². The lowest BCUT2D eigenvalue weighted by molar-refractivity contribution is -0.143. The van der Waals surface area contributed by atoms with Gasteiger partial charge in [0.1, 0.15) is 11.1 Å². The molecule has 1 heterocycles. The van der Waals surface area contributed by atoms with Gasteiger partial charge < -0.3 is 14.5 Å². The van der Waals surface area contributed by atoms with E-state index in [0.717, 1.165) is 0 Å². The molecule has 2 aromatic rings. The predicted molar refractivity (Wildman–Crippen MR) is 80.7 cm³/mol. The Balaban J connectivity index is 1.94. The van der Waals surface area contributed by atoms with Gasteiger partial charge in [-0.1, -0.05) is 25.1 Å². The van der Waals surface area contributed by atoms with Crippen molar-refractivity contribution in [1.82, 2.24) is 5.32 Å². The molecule has 1 aromatic heterocycles. The molecule has 0 spiro atoms. The molecule has 0 fully saturated rings. The average molecular weight is 303 g/mol. The highest BCUT2D eigenvalue weighted by molar-refractivity contribution is 5.96. The van der Waals surface area contributed by atoms with Crippen molar-refractivity contribution in [1.29, 1.82) is 0 Å². The summed E-state index contributed by atoms with van der Waals surface area (Å²) in [5.41, 5.74) is -0.270. The van der Waals surface area contributed by atoms with Gasteiger partial charge in [0.2, 0.25) is 0 Å². The summed E-state index contributed by atoms with van der Waals surface area (Å²) in [6.07, 6.45) is 0.806. The second kappa shape index (κ2) is 7.40. The molecule has 116 valence electrons. The van der Waals surface area contributed by atoms with E-state index in [1.807, 2.05) is 0 Å². The predicted octanol–water partition coefficient (Wildman–Crippen LogP) is 1.87. The summed E-state index contributed by atoms with van der Waals surface area (Å²) in [6.45, 7) is 2.25. The minimum atomic E-state index is -0.673. The van der Waals surface area contributed by atoms with Crippen molar-refractivity contribution in [2.45, 2.75) is 19.8 Å². The lowest BCUT2D eigenvalue weighted by Crippen LogP contribution is -2.29. The van der Waals surface area contributed by atoms with Crippen LogP contribution in [0.25, 0.3) is 11.0 Å². The van der Waals surface area contributed by atoms with E-state index in [4.69, 9.17) is 9.15 Å². The van der Waals surface area contributed by atoms with Crippen LogP contribution in [-0.4, -0.2) is 25.0 Å². The second-order valence-corrected chi connectivity index (χ2v) is 4.67. The first-order valence-electron chi connectivity index (χ1n) is 7.08. The van der Waals surface area contributed by atoms with E-state index in [9.17, 15) is 14.4 Å². The number of benzene rings is 1. The molecule has 0 unspecified atom stereocenters. The number of para-hydroxylation sites is 1. The maximum atomic E-state index is 12.0. The Kier molecular flexibility index (Phi) is 5.30. The van der Waals surface area contributed by atoms with Crippen LogP contribution in [0.15, 0.2) is 39.5 Å². The first-order chi connectivity index (χ1) is 10.6. The third-order valence-electron chi connectivity index (χ3n) is 3.04. The van der Waals surface area contributed by atoms with Crippen LogP contribution in [-0.2, 0) is 9.53 Å². The molecule has 0 radical (unpaired) electrons. The third kappa shape index (κ3) is 3.94. The zero-order chi connectivity index (χ0) is 15.9. The topological polar surface area (TPSA) is 85.6 Å². The van der Waals surface area contributed by atoms with E-state index in [1.54, 1.807) is 31.2 Å².